The summed E-state index contributed by atoms with van der Waals surface area (Å²) in [6.07, 6.45) is 2.27. The van der Waals surface area contributed by atoms with Crippen molar-refractivity contribution < 1.29 is 5.21 Å². The third-order valence-electron chi connectivity index (χ3n) is 3.36. The Labute approximate surface area is 88.3 Å². The second-order valence-electron chi connectivity index (χ2n) is 6.63. The van der Waals surface area contributed by atoms with Gasteiger partial charge in [-0.25, -0.2) is 5.06 Å². The molecule has 86 valence electrons. The van der Waals surface area contributed by atoms with E-state index in [1.54, 1.807) is 0 Å². The third-order valence-corrected chi connectivity index (χ3v) is 3.36. The van der Waals surface area contributed by atoms with Gasteiger partial charge in [0.25, 0.3) is 0 Å². The Morgan fingerprint density at radius 3 is 1.67 bits per heavy atom. The van der Waals surface area contributed by atoms with Gasteiger partial charge in [0.15, 0.2) is 0 Å². The molecule has 0 aromatic carbocycles. The van der Waals surface area contributed by atoms with Gasteiger partial charge in [-0.3, -0.25) is 0 Å². The molecule has 1 saturated heterocycles. The van der Waals surface area contributed by atoms with Crippen LogP contribution >= 0.6 is 0 Å². The first kappa shape index (κ1) is 13.9. The Balaban J connectivity index is 0.00000196. The summed E-state index contributed by atoms with van der Waals surface area (Å²) < 4.78 is 0. The normalized spacial score (nSPS) is 30.0. The van der Waals surface area contributed by atoms with Gasteiger partial charge < -0.3 is 11.6 Å². The molecule has 0 aromatic rings. The van der Waals surface area contributed by atoms with Gasteiger partial charge in [0.1, 0.15) is 0 Å². The molecule has 1 unspecified atom stereocenters. The molecule has 1 aliphatic rings. The monoisotopic (exact) mass is 465 g/mol. The van der Waals surface area contributed by atoms with Crippen LogP contribution in [0.5, 0.6) is 0 Å². The smallest absolute Gasteiger partial charge is 0.0145 e. The van der Waals surface area contributed by atoms with Crippen molar-refractivity contribution in [3.8, 4) is 0 Å². The molecule has 1 rings (SSSR count). The standard InChI is InChI=1S/C12H24NO.Rf/c1-10(2,3)9-8-11(4,5)13(14)12(9,6)7;/h8-9,14H,1-7H3;/q-1;. The predicted molar refractivity (Wildman–Crippen MR) is 59.0 cm³/mol. The summed E-state index contributed by atoms with van der Waals surface area (Å²) in [5.74, 6) is 0.398. The molecule has 1 aliphatic heterocycles. The van der Waals surface area contributed by atoms with Gasteiger partial charge >= 0.3 is 0 Å². The zero-order valence-corrected chi connectivity index (χ0v) is 17.7. The average Bonchev–Trinajstić information content (AvgIpc) is 2.10. The van der Waals surface area contributed by atoms with Crippen LogP contribution in [-0.4, -0.2) is 21.3 Å². The van der Waals surface area contributed by atoms with Gasteiger partial charge in [-0.2, -0.15) is 0 Å². The molecule has 1 N–H and O–H groups in total. The maximum atomic E-state index is 10.1. The van der Waals surface area contributed by atoms with Crippen molar-refractivity contribution in [2.75, 3.05) is 0 Å². The summed E-state index contributed by atoms with van der Waals surface area (Å²) in [4.78, 5) is 0. The molecule has 0 spiro atoms. The van der Waals surface area contributed by atoms with Crippen molar-refractivity contribution in [3.63, 3.8) is 0 Å². The average molecular weight is 465 g/mol. The largest absolute Gasteiger partial charge is 0.316 e. The molecule has 0 saturated carbocycles. The first-order valence-corrected chi connectivity index (χ1v) is 5.35. The van der Waals surface area contributed by atoms with Crippen LogP contribution in [0.2, 0.25) is 0 Å². The van der Waals surface area contributed by atoms with E-state index in [1.165, 1.54) is 5.06 Å². The van der Waals surface area contributed by atoms with Crippen molar-refractivity contribution in [2.45, 2.75) is 59.5 Å². The molecule has 1 atom stereocenters. The molecule has 0 amide bonds. The fraction of sp³-hybridized carbons (Fsp3) is 0.917. The van der Waals surface area contributed by atoms with E-state index in [0.717, 1.165) is 0 Å². The van der Waals surface area contributed by atoms with Crippen LogP contribution in [0, 0.1) is 17.8 Å². The maximum absolute atomic E-state index is 10.1. The third kappa shape index (κ3) is 1.98. The van der Waals surface area contributed by atoms with E-state index in [9.17, 15) is 5.21 Å². The first-order valence-electron chi connectivity index (χ1n) is 5.35. The number of rotatable bonds is 0. The van der Waals surface area contributed by atoms with Crippen LogP contribution in [0.3, 0.4) is 0 Å². The first-order chi connectivity index (χ1) is 5.99. The minimum absolute atomic E-state index is 0. The Morgan fingerprint density at radius 2 is 1.53 bits per heavy atom. The van der Waals surface area contributed by atoms with E-state index < -0.39 is 0 Å². The SMILES string of the molecule is CC(C)(C)C1[CH-]C(C)(C)N(O)C1(C)C.[Rf]. The van der Waals surface area contributed by atoms with E-state index in [0.29, 0.717) is 5.92 Å². The topological polar surface area (TPSA) is 23.5 Å². The second kappa shape index (κ2) is 3.21. The van der Waals surface area contributed by atoms with Crippen LogP contribution < -0.4 is 0 Å². The maximum Gasteiger partial charge on any atom is 0.0145 e. The van der Waals surface area contributed by atoms with E-state index in [1.807, 2.05) is 0 Å². The molecule has 0 aliphatic carbocycles. The van der Waals surface area contributed by atoms with Crippen molar-refractivity contribution >= 4 is 0 Å². The van der Waals surface area contributed by atoms with E-state index in [-0.39, 0.29) is 16.5 Å². The second-order valence-corrected chi connectivity index (χ2v) is 6.63. The van der Waals surface area contributed by atoms with Gasteiger partial charge in [0.2, 0.25) is 0 Å². The van der Waals surface area contributed by atoms with Crippen LogP contribution in [0.1, 0.15) is 48.5 Å². The number of hydrogen-bond donors (Lipinski definition) is 1. The van der Waals surface area contributed by atoms with E-state index >= 15 is 0 Å². The van der Waals surface area contributed by atoms with Crippen molar-refractivity contribution in [2.24, 2.45) is 11.3 Å². The van der Waals surface area contributed by atoms with Crippen LogP contribution in [0.25, 0.3) is 0 Å². The summed E-state index contributed by atoms with van der Waals surface area (Å²) in [6, 6.07) is 0. The molecule has 1 heterocycles. The van der Waals surface area contributed by atoms with Crippen LogP contribution in [0.15, 0.2) is 0 Å². The number of nitrogens with zero attached hydrogens (tertiary/aromatic N) is 1. The van der Waals surface area contributed by atoms with Gasteiger partial charge in [-0.1, -0.05) is 45.6 Å². The molecule has 2 nitrogen and oxygen atoms in total. The zero-order valence-electron chi connectivity index (χ0n) is 11.3. The Bertz CT molecular complexity index is 230. The van der Waals surface area contributed by atoms with Crippen molar-refractivity contribution in [1.29, 1.82) is 0 Å². The van der Waals surface area contributed by atoms with Crippen LogP contribution in [-0.2, 0) is 0 Å². The number of hydrogen-bond acceptors (Lipinski definition) is 2. The fourth-order valence-electron chi connectivity index (χ4n) is 2.87. The van der Waals surface area contributed by atoms with E-state index in [4.69, 9.17) is 0 Å². The fourth-order valence-corrected chi connectivity index (χ4v) is 2.87. The van der Waals surface area contributed by atoms with Gasteiger partial charge in [0, 0.05) is 5.54 Å². The minimum Gasteiger partial charge on any atom is -0.316 e. The van der Waals surface area contributed by atoms with Gasteiger partial charge in [-0.05, 0) is 13.8 Å². The number of hydroxylamine groups is 2. The Morgan fingerprint density at radius 1 is 1.13 bits per heavy atom. The summed E-state index contributed by atoms with van der Waals surface area (Å²) >= 11 is 0. The Kier molecular flexibility index (Phi) is 2.98. The molecular formula is C12H24NORf-. The predicted octanol–water partition coefficient (Wildman–Crippen LogP) is 3.11. The molecule has 0 bridgehead atoms. The van der Waals surface area contributed by atoms with E-state index in [2.05, 4.69) is 54.9 Å². The van der Waals surface area contributed by atoms with Crippen molar-refractivity contribution in [1.82, 2.24) is 5.06 Å². The molecule has 0 aromatic heterocycles. The molecule has 0 radical (unpaired) electrons. The minimum atomic E-state index is -0.221. The summed E-state index contributed by atoms with van der Waals surface area (Å²) in [5, 5.41) is 11.6. The van der Waals surface area contributed by atoms with Crippen LogP contribution in [0.4, 0.5) is 0 Å². The molecule has 1 fully saturated rings. The summed E-state index contributed by atoms with van der Waals surface area (Å²) in [6.45, 7) is 15.0. The summed E-state index contributed by atoms with van der Waals surface area (Å²) in [7, 11) is 0. The summed E-state index contributed by atoms with van der Waals surface area (Å²) in [5.41, 5.74) is -0.207. The van der Waals surface area contributed by atoms with Gasteiger partial charge in [0.05, 0.1) is 0 Å². The van der Waals surface area contributed by atoms with Gasteiger partial charge in [-0.15, -0.1) is 5.92 Å². The van der Waals surface area contributed by atoms with Crippen molar-refractivity contribution in [3.05, 3.63) is 6.42 Å². The zero-order chi connectivity index (χ0) is 11.4. The molecule has 15 heavy (non-hydrogen) atoms. The molecular weight excluding hydrogens is 441 g/mol. The quantitative estimate of drug-likeness (QED) is 0.556. The molecule has 3 heteroatoms. The Hall–Kier alpha value is -1.08.